The van der Waals surface area contributed by atoms with Gasteiger partial charge >= 0.3 is 37.7 Å². The van der Waals surface area contributed by atoms with Crippen LogP contribution in [0.3, 0.4) is 0 Å². The van der Waals surface area contributed by atoms with Crippen LogP contribution in [0.15, 0.2) is 0 Å². The summed E-state index contributed by atoms with van der Waals surface area (Å²) in [6, 6.07) is 0. The number of carboxylic acid groups (broad SMARTS) is 2. The maximum absolute atomic E-state index is 11.4. The van der Waals surface area contributed by atoms with Crippen LogP contribution in [0.25, 0.3) is 0 Å². The average Bonchev–Trinajstić information content (AvgIpc) is 2.72. The van der Waals surface area contributed by atoms with E-state index in [0.29, 0.717) is 0 Å². The Morgan fingerprint density at radius 1 is 0.667 bits per heavy atom. The van der Waals surface area contributed by atoms with Crippen molar-refractivity contribution in [2.75, 3.05) is 26.3 Å². The predicted octanol–water partition coefficient (Wildman–Crippen LogP) is -3.94. The average molecular weight is 501 g/mol. The van der Waals surface area contributed by atoms with Gasteiger partial charge in [0.15, 0.2) is 0 Å². The van der Waals surface area contributed by atoms with E-state index in [4.69, 9.17) is 10.2 Å². The number of Topliss-reactive ketones (excluding diaryl/α,β-unsaturated/α-hetero) is 2. The maximum atomic E-state index is 11.4. The zero-order valence-electron chi connectivity index (χ0n) is 19.5. The molecule has 184 valence electrons. The number of carboxylic acids is 2. The second-order valence-electron chi connectivity index (χ2n) is 8.21. The van der Waals surface area contributed by atoms with Gasteiger partial charge in [0.25, 0.3) is 11.8 Å². The summed E-state index contributed by atoms with van der Waals surface area (Å²) in [7, 11) is 0. The largest absolute Gasteiger partial charge is 2.00 e. The summed E-state index contributed by atoms with van der Waals surface area (Å²) in [4.78, 5) is 65.5. The molecule has 0 aromatic rings. The Morgan fingerprint density at radius 2 is 0.939 bits per heavy atom. The molecule has 0 bridgehead atoms. The molecule has 0 aliphatic heterocycles. The molecule has 0 saturated heterocycles. The van der Waals surface area contributed by atoms with Crippen LogP contribution in [0.4, 0.5) is 0 Å². The van der Waals surface area contributed by atoms with Gasteiger partial charge in [-0.1, -0.05) is 27.7 Å². The molecule has 0 saturated carbocycles. The summed E-state index contributed by atoms with van der Waals surface area (Å²) in [5.74, 6) is -5.45. The van der Waals surface area contributed by atoms with Crippen molar-refractivity contribution in [2.24, 2.45) is 10.8 Å². The number of ketones is 2. The van der Waals surface area contributed by atoms with Crippen LogP contribution < -0.4 is 20.8 Å². The van der Waals surface area contributed by atoms with Crippen molar-refractivity contribution in [1.82, 2.24) is 10.6 Å². The van der Waals surface area contributed by atoms with Gasteiger partial charge in [-0.25, -0.2) is 0 Å². The third kappa shape index (κ3) is 16.6. The molecule has 0 rings (SSSR count). The van der Waals surface area contributed by atoms with E-state index in [1.165, 1.54) is 27.7 Å². The maximum Gasteiger partial charge on any atom is 2.00 e. The summed E-state index contributed by atoms with van der Waals surface area (Å²) in [5, 5.41) is 42.4. The first kappa shape index (κ1) is 36.0. The first-order chi connectivity index (χ1) is 14.6. The first-order valence-electron chi connectivity index (χ1n) is 9.89. The fourth-order valence-corrected chi connectivity index (χ4v) is 1.79. The van der Waals surface area contributed by atoms with Crippen LogP contribution in [0.1, 0.15) is 53.4 Å². The number of carbonyl (C=O) groups is 6. The van der Waals surface area contributed by atoms with Gasteiger partial charge < -0.3 is 40.6 Å². The molecule has 0 aromatic carbocycles. The molecule has 0 unspecified atom stereocenters. The fourth-order valence-electron chi connectivity index (χ4n) is 1.79. The molecule has 33 heavy (non-hydrogen) atoms. The van der Waals surface area contributed by atoms with Crippen molar-refractivity contribution in [1.29, 1.82) is 0 Å². The molecule has 0 fully saturated rings. The molecular formula is C20H32CaN2O10. The number of aliphatic hydroxyl groups excluding tert-OH is 2. The molecule has 13 heteroatoms. The zero-order valence-corrected chi connectivity index (χ0v) is 21.7. The summed E-state index contributed by atoms with van der Waals surface area (Å²) in [5.41, 5.74) is -2.23. The zero-order chi connectivity index (χ0) is 25.5. The number of nitrogens with one attached hydrogen (secondary N) is 2. The van der Waals surface area contributed by atoms with Crippen LogP contribution in [0.2, 0.25) is 0 Å². The Labute approximate surface area is 222 Å². The standard InChI is InChI=1S/2C10H17NO5.Ca/c2*1-10(2,6-12)8(15)9(16)11-5-3-4-7(13)14;/h2*12H,3-6H2,1-2H3,(H,11,16)(H,13,14);/q;;+2/p-2. The minimum Gasteiger partial charge on any atom is -0.550 e. The van der Waals surface area contributed by atoms with Gasteiger partial charge in [0.1, 0.15) is 0 Å². The van der Waals surface area contributed by atoms with E-state index in [0.717, 1.165) is 0 Å². The number of amides is 2. The Kier molecular flexibility index (Phi) is 19.4. The quantitative estimate of drug-likeness (QED) is 0.103. The summed E-state index contributed by atoms with van der Waals surface area (Å²) < 4.78 is 0. The van der Waals surface area contributed by atoms with Gasteiger partial charge in [-0.15, -0.1) is 0 Å². The van der Waals surface area contributed by atoms with Gasteiger partial charge in [0, 0.05) is 25.0 Å². The first-order valence-corrected chi connectivity index (χ1v) is 9.89. The second kappa shape index (κ2) is 17.8. The van der Waals surface area contributed by atoms with Crippen molar-refractivity contribution < 1.29 is 49.2 Å². The van der Waals surface area contributed by atoms with E-state index in [-0.39, 0.29) is 76.5 Å². The van der Waals surface area contributed by atoms with Crippen LogP contribution >= 0.6 is 0 Å². The van der Waals surface area contributed by atoms with E-state index in [2.05, 4.69) is 10.6 Å². The van der Waals surface area contributed by atoms with E-state index < -0.39 is 59.4 Å². The van der Waals surface area contributed by atoms with Gasteiger partial charge in [-0.3, -0.25) is 19.2 Å². The number of rotatable bonds is 14. The number of carbonyl (C=O) groups excluding carboxylic acids is 6. The second-order valence-corrected chi connectivity index (χ2v) is 8.21. The molecule has 0 spiro atoms. The minimum atomic E-state index is -1.20. The monoisotopic (exact) mass is 500 g/mol. The molecule has 0 aromatic heterocycles. The SMILES string of the molecule is CC(C)(CO)C(=O)C(=O)NCCCC(=O)[O-].CC(C)(CO)C(=O)C(=O)NCCCC(=O)[O-].[Ca+2]. The van der Waals surface area contributed by atoms with Crippen LogP contribution in [0, 0.1) is 10.8 Å². The smallest absolute Gasteiger partial charge is 0.550 e. The molecular weight excluding hydrogens is 468 g/mol. The molecule has 12 nitrogen and oxygen atoms in total. The van der Waals surface area contributed by atoms with E-state index in [1.807, 2.05) is 0 Å². The Hall–Kier alpha value is -1.60. The Bertz CT molecular complexity index is 634. The van der Waals surface area contributed by atoms with Crippen LogP contribution in [0.5, 0.6) is 0 Å². The summed E-state index contributed by atoms with van der Waals surface area (Å²) >= 11 is 0. The Balaban J connectivity index is -0.000000529. The van der Waals surface area contributed by atoms with E-state index in [1.54, 1.807) is 0 Å². The molecule has 0 atom stereocenters. The van der Waals surface area contributed by atoms with Crippen molar-refractivity contribution in [2.45, 2.75) is 53.4 Å². The number of hydrogen-bond acceptors (Lipinski definition) is 10. The molecule has 0 aliphatic rings. The van der Waals surface area contributed by atoms with Gasteiger partial charge in [-0.05, 0) is 25.7 Å². The molecule has 0 aliphatic carbocycles. The van der Waals surface area contributed by atoms with Crippen LogP contribution in [-0.2, 0) is 28.8 Å². The summed E-state index contributed by atoms with van der Waals surface area (Å²) in [6.07, 6.45) is 0.0809. The molecule has 0 heterocycles. The number of aliphatic carboxylic acids is 2. The molecule has 2 amide bonds. The molecule has 0 radical (unpaired) electrons. The van der Waals surface area contributed by atoms with E-state index in [9.17, 15) is 39.0 Å². The third-order valence-corrected chi connectivity index (χ3v) is 4.12. The van der Waals surface area contributed by atoms with Gasteiger partial charge in [-0.2, -0.15) is 0 Å². The minimum absolute atomic E-state index is 0. The Morgan fingerprint density at radius 3 is 1.15 bits per heavy atom. The van der Waals surface area contributed by atoms with E-state index >= 15 is 0 Å². The number of aliphatic hydroxyl groups is 2. The van der Waals surface area contributed by atoms with Crippen LogP contribution in [-0.4, -0.2) is 110 Å². The predicted molar refractivity (Wildman–Crippen MR) is 112 cm³/mol. The van der Waals surface area contributed by atoms with Crippen molar-refractivity contribution in [3.8, 4) is 0 Å². The van der Waals surface area contributed by atoms with Crippen molar-refractivity contribution in [3.63, 3.8) is 0 Å². The summed E-state index contributed by atoms with van der Waals surface area (Å²) in [6.45, 7) is 5.18. The normalized spacial score (nSPS) is 10.6. The molecule has 4 N–H and O–H groups in total. The van der Waals surface area contributed by atoms with Gasteiger partial charge in [0.05, 0.1) is 24.0 Å². The topological polar surface area (TPSA) is 213 Å². The van der Waals surface area contributed by atoms with Gasteiger partial charge in [0.2, 0.25) is 11.6 Å². The fraction of sp³-hybridized carbons (Fsp3) is 0.700. The van der Waals surface area contributed by atoms with Crippen molar-refractivity contribution >= 4 is 73.1 Å². The number of hydrogen-bond donors (Lipinski definition) is 4. The van der Waals surface area contributed by atoms with Crippen molar-refractivity contribution in [3.05, 3.63) is 0 Å². The third-order valence-electron chi connectivity index (χ3n) is 4.12.